The van der Waals surface area contributed by atoms with Crippen LogP contribution >= 0.6 is 0 Å². The van der Waals surface area contributed by atoms with E-state index in [4.69, 9.17) is 0 Å². The molecule has 1 aliphatic heterocycles. The number of nitrogens with zero attached hydrogens (tertiary/aromatic N) is 1. The van der Waals surface area contributed by atoms with Crippen LogP contribution in [0.4, 0.5) is 0 Å². The first-order chi connectivity index (χ1) is 7.62. The van der Waals surface area contributed by atoms with Crippen molar-refractivity contribution in [1.29, 1.82) is 0 Å². The number of rotatable bonds is 0. The average Bonchev–Trinajstić information content (AvgIpc) is 2.12. The van der Waals surface area contributed by atoms with E-state index in [1.807, 2.05) is 0 Å². The van der Waals surface area contributed by atoms with Gasteiger partial charge < -0.3 is 0 Å². The van der Waals surface area contributed by atoms with Crippen LogP contribution in [0.2, 0.25) is 0 Å². The summed E-state index contributed by atoms with van der Waals surface area (Å²) in [6.45, 7) is 17.1. The van der Waals surface area contributed by atoms with Gasteiger partial charge in [-0.15, -0.1) is 0 Å². The van der Waals surface area contributed by atoms with E-state index >= 15 is 0 Å². The highest BCUT2D eigenvalue weighted by Crippen LogP contribution is 2.53. The van der Waals surface area contributed by atoms with Gasteiger partial charge in [0, 0.05) is 18.6 Å². The Morgan fingerprint density at radius 2 is 1.59 bits per heavy atom. The lowest BCUT2D eigenvalue weighted by Crippen LogP contribution is -2.58. The van der Waals surface area contributed by atoms with Gasteiger partial charge in [-0.25, -0.2) is 0 Å². The van der Waals surface area contributed by atoms with Gasteiger partial charge in [-0.1, -0.05) is 27.2 Å². The summed E-state index contributed by atoms with van der Waals surface area (Å²) >= 11 is 0. The third-order valence-corrected chi connectivity index (χ3v) is 5.23. The van der Waals surface area contributed by atoms with Crippen LogP contribution in [0.1, 0.15) is 67.2 Å². The fourth-order valence-electron chi connectivity index (χ4n) is 3.52. The molecule has 2 fully saturated rings. The molecule has 0 N–H and O–H groups in total. The van der Waals surface area contributed by atoms with Crippen molar-refractivity contribution >= 4 is 0 Å². The van der Waals surface area contributed by atoms with E-state index in [0.717, 1.165) is 5.92 Å². The van der Waals surface area contributed by atoms with Crippen molar-refractivity contribution in [2.75, 3.05) is 13.1 Å². The molecule has 1 spiro atoms. The van der Waals surface area contributed by atoms with E-state index in [0.29, 0.717) is 16.4 Å². The zero-order chi connectivity index (χ0) is 12.9. The highest BCUT2D eigenvalue weighted by molar-refractivity contribution is 5.00. The Morgan fingerprint density at radius 1 is 1.00 bits per heavy atom. The largest absolute Gasteiger partial charge is 0.298 e. The van der Waals surface area contributed by atoms with Gasteiger partial charge in [-0.05, 0) is 56.8 Å². The SMILES string of the molecule is CC(C)(C)C1CN(C(C)(C)C)CC2(CCC2)C1. The first-order valence-corrected chi connectivity index (χ1v) is 7.38. The van der Waals surface area contributed by atoms with E-state index in [1.165, 1.54) is 38.8 Å². The molecule has 1 heterocycles. The zero-order valence-electron chi connectivity index (χ0n) is 12.8. The van der Waals surface area contributed by atoms with Gasteiger partial charge in [-0.2, -0.15) is 0 Å². The molecule has 17 heavy (non-hydrogen) atoms. The Hall–Kier alpha value is -0.0400. The highest BCUT2D eigenvalue weighted by atomic mass is 15.2. The molecule has 0 aromatic heterocycles. The Bertz CT molecular complexity index is 251. The maximum absolute atomic E-state index is 2.76. The van der Waals surface area contributed by atoms with Crippen LogP contribution in [-0.4, -0.2) is 23.5 Å². The molecule has 1 nitrogen and oxygen atoms in total. The number of hydrogen-bond donors (Lipinski definition) is 0. The molecule has 1 heteroatoms. The molecular weight excluding hydrogens is 206 g/mol. The monoisotopic (exact) mass is 237 g/mol. The van der Waals surface area contributed by atoms with Crippen molar-refractivity contribution in [2.45, 2.75) is 72.8 Å². The molecule has 1 unspecified atom stereocenters. The fourth-order valence-corrected chi connectivity index (χ4v) is 3.52. The van der Waals surface area contributed by atoms with Gasteiger partial charge in [-0.3, -0.25) is 4.90 Å². The molecule has 1 saturated carbocycles. The van der Waals surface area contributed by atoms with Gasteiger partial charge in [0.2, 0.25) is 0 Å². The lowest BCUT2D eigenvalue weighted by Gasteiger charge is -2.57. The Labute approximate surface area is 108 Å². The second-order valence-corrected chi connectivity index (χ2v) is 8.67. The van der Waals surface area contributed by atoms with E-state index in [9.17, 15) is 0 Å². The summed E-state index contributed by atoms with van der Waals surface area (Å²) in [4.78, 5) is 2.76. The van der Waals surface area contributed by atoms with Crippen molar-refractivity contribution in [1.82, 2.24) is 4.90 Å². The fraction of sp³-hybridized carbons (Fsp3) is 1.00. The normalized spacial score (nSPS) is 30.4. The van der Waals surface area contributed by atoms with Gasteiger partial charge in [0.15, 0.2) is 0 Å². The van der Waals surface area contributed by atoms with Crippen LogP contribution in [0.15, 0.2) is 0 Å². The first kappa shape index (κ1) is 13.4. The maximum Gasteiger partial charge on any atom is 0.0125 e. The summed E-state index contributed by atoms with van der Waals surface area (Å²) in [6.07, 6.45) is 5.90. The summed E-state index contributed by atoms with van der Waals surface area (Å²) in [5.74, 6) is 0.871. The van der Waals surface area contributed by atoms with E-state index in [2.05, 4.69) is 46.4 Å². The molecule has 0 aromatic rings. The maximum atomic E-state index is 2.76. The molecule has 2 aliphatic rings. The van der Waals surface area contributed by atoms with E-state index in [1.54, 1.807) is 0 Å². The molecule has 1 atom stereocenters. The zero-order valence-corrected chi connectivity index (χ0v) is 12.8. The summed E-state index contributed by atoms with van der Waals surface area (Å²) < 4.78 is 0. The number of likely N-dealkylation sites (tertiary alicyclic amines) is 1. The Morgan fingerprint density at radius 3 is 1.94 bits per heavy atom. The minimum Gasteiger partial charge on any atom is -0.298 e. The van der Waals surface area contributed by atoms with Crippen LogP contribution in [-0.2, 0) is 0 Å². The molecule has 0 bridgehead atoms. The number of piperidine rings is 1. The van der Waals surface area contributed by atoms with E-state index in [-0.39, 0.29) is 0 Å². The second kappa shape index (κ2) is 3.98. The van der Waals surface area contributed by atoms with E-state index < -0.39 is 0 Å². The lowest BCUT2D eigenvalue weighted by molar-refractivity contribution is -0.0719. The molecular formula is C16H31N. The molecule has 100 valence electrons. The standard InChI is InChI=1S/C16H31N/c1-14(2,3)13-10-16(8-7-9-16)12-17(11-13)15(4,5)6/h13H,7-12H2,1-6H3. The van der Waals surface area contributed by atoms with Crippen molar-refractivity contribution in [3.63, 3.8) is 0 Å². The third-order valence-electron chi connectivity index (χ3n) is 5.23. The van der Waals surface area contributed by atoms with Crippen LogP contribution < -0.4 is 0 Å². The molecule has 1 saturated heterocycles. The topological polar surface area (TPSA) is 3.24 Å². The summed E-state index contributed by atoms with van der Waals surface area (Å²) in [7, 11) is 0. The highest BCUT2D eigenvalue weighted by Gasteiger charge is 2.48. The second-order valence-electron chi connectivity index (χ2n) is 8.67. The average molecular weight is 237 g/mol. The first-order valence-electron chi connectivity index (χ1n) is 7.38. The van der Waals surface area contributed by atoms with Crippen molar-refractivity contribution in [3.05, 3.63) is 0 Å². The smallest absolute Gasteiger partial charge is 0.0125 e. The summed E-state index contributed by atoms with van der Waals surface area (Å²) in [6, 6.07) is 0. The van der Waals surface area contributed by atoms with Crippen LogP contribution in [0.25, 0.3) is 0 Å². The Kier molecular flexibility index (Phi) is 3.14. The molecule has 2 rings (SSSR count). The summed E-state index contributed by atoms with van der Waals surface area (Å²) in [5.41, 5.74) is 1.49. The molecule has 0 radical (unpaired) electrons. The van der Waals surface area contributed by atoms with Gasteiger partial charge in [0.05, 0.1) is 0 Å². The van der Waals surface area contributed by atoms with Gasteiger partial charge in [0.25, 0.3) is 0 Å². The summed E-state index contributed by atoms with van der Waals surface area (Å²) in [5, 5.41) is 0. The predicted molar refractivity (Wildman–Crippen MR) is 75.2 cm³/mol. The number of hydrogen-bond acceptors (Lipinski definition) is 1. The van der Waals surface area contributed by atoms with Crippen LogP contribution in [0.5, 0.6) is 0 Å². The van der Waals surface area contributed by atoms with Gasteiger partial charge >= 0.3 is 0 Å². The Balaban J connectivity index is 2.16. The van der Waals surface area contributed by atoms with Crippen LogP contribution in [0.3, 0.4) is 0 Å². The molecule has 1 aliphatic carbocycles. The third kappa shape index (κ3) is 2.70. The minimum atomic E-state index is 0.340. The van der Waals surface area contributed by atoms with Crippen LogP contribution in [0, 0.1) is 16.7 Å². The van der Waals surface area contributed by atoms with Crippen molar-refractivity contribution in [3.8, 4) is 0 Å². The lowest BCUT2D eigenvalue weighted by atomic mass is 9.58. The predicted octanol–water partition coefficient (Wildman–Crippen LogP) is 4.32. The molecule has 0 amide bonds. The van der Waals surface area contributed by atoms with Crippen molar-refractivity contribution in [2.24, 2.45) is 16.7 Å². The van der Waals surface area contributed by atoms with Gasteiger partial charge in [0.1, 0.15) is 0 Å². The van der Waals surface area contributed by atoms with Crippen molar-refractivity contribution < 1.29 is 0 Å². The minimum absolute atomic E-state index is 0.340. The molecule has 0 aromatic carbocycles. The quantitative estimate of drug-likeness (QED) is 0.606.